The number of hydrogen-bond acceptors (Lipinski definition) is 3. The van der Waals surface area contributed by atoms with E-state index in [1.54, 1.807) is 12.3 Å². The zero-order chi connectivity index (χ0) is 13.8. The van der Waals surface area contributed by atoms with Crippen molar-refractivity contribution >= 4 is 21.7 Å². The maximum atomic E-state index is 11.5. The van der Waals surface area contributed by atoms with E-state index in [1.165, 1.54) is 6.92 Å². The third-order valence-corrected chi connectivity index (χ3v) is 3.35. The summed E-state index contributed by atoms with van der Waals surface area (Å²) >= 11 is 3.35. The summed E-state index contributed by atoms with van der Waals surface area (Å²) < 4.78 is 8.39. The van der Waals surface area contributed by atoms with E-state index < -0.39 is 0 Å². The van der Waals surface area contributed by atoms with Gasteiger partial charge in [-0.05, 0) is 31.2 Å². The summed E-state index contributed by atoms with van der Waals surface area (Å²) in [5.74, 6) is 0.620. The van der Waals surface area contributed by atoms with Gasteiger partial charge in [-0.25, -0.2) is 0 Å². The molecule has 0 bridgehead atoms. The number of halogens is 1. The first-order valence-electron chi connectivity index (χ1n) is 5.98. The maximum absolute atomic E-state index is 11.5. The standard InChI is InChI=1S/C14H15BrN2O2/c1-10(18)13-9-11(15)3-4-14(13)19-8-6-12-5-7-16-17(12)2/h3-5,7,9H,6,8H2,1-2H3. The number of Topliss-reactive ketones (excluding diaryl/α,β-unsaturated/α-hetero) is 1. The average molecular weight is 323 g/mol. The van der Waals surface area contributed by atoms with Gasteiger partial charge in [-0.3, -0.25) is 9.48 Å². The summed E-state index contributed by atoms with van der Waals surface area (Å²) in [6.45, 7) is 2.05. The highest BCUT2D eigenvalue weighted by Gasteiger charge is 2.09. The van der Waals surface area contributed by atoms with Crippen LogP contribution >= 0.6 is 15.9 Å². The molecule has 0 aliphatic rings. The number of ether oxygens (including phenoxy) is 1. The molecule has 0 aliphatic heterocycles. The van der Waals surface area contributed by atoms with Crippen molar-refractivity contribution in [2.24, 2.45) is 7.05 Å². The van der Waals surface area contributed by atoms with Crippen LogP contribution in [0.3, 0.4) is 0 Å². The lowest BCUT2D eigenvalue weighted by Crippen LogP contribution is -2.08. The molecule has 0 saturated heterocycles. The number of benzene rings is 1. The van der Waals surface area contributed by atoms with E-state index in [9.17, 15) is 4.79 Å². The summed E-state index contributed by atoms with van der Waals surface area (Å²) in [5, 5.41) is 4.10. The molecule has 2 aromatic rings. The molecule has 2 rings (SSSR count). The van der Waals surface area contributed by atoms with Gasteiger partial charge in [-0.15, -0.1) is 0 Å². The van der Waals surface area contributed by atoms with Crippen LogP contribution in [0.25, 0.3) is 0 Å². The molecule has 1 aromatic heterocycles. The normalized spacial score (nSPS) is 10.5. The molecule has 0 atom stereocenters. The Morgan fingerprint density at radius 2 is 2.21 bits per heavy atom. The quantitative estimate of drug-likeness (QED) is 0.795. The van der Waals surface area contributed by atoms with E-state index in [0.29, 0.717) is 17.9 Å². The van der Waals surface area contributed by atoms with Gasteiger partial charge in [-0.1, -0.05) is 15.9 Å². The molecule has 5 heteroatoms. The van der Waals surface area contributed by atoms with Gasteiger partial charge >= 0.3 is 0 Å². The summed E-state index contributed by atoms with van der Waals surface area (Å²) in [7, 11) is 1.90. The van der Waals surface area contributed by atoms with E-state index in [0.717, 1.165) is 16.6 Å². The minimum absolute atomic E-state index is 0.00293. The first-order valence-corrected chi connectivity index (χ1v) is 6.77. The Bertz CT molecular complexity index is 593. The largest absolute Gasteiger partial charge is 0.492 e. The Kier molecular flexibility index (Phi) is 4.37. The van der Waals surface area contributed by atoms with Crippen LogP contribution in [0.5, 0.6) is 5.75 Å². The minimum atomic E-state index is -0.00293. The molecule has 0 aliphatic carbocycles. The van der Waals surface area contributed by atoms with Crippen LogP contribution in [0.4, 0.5) is 0 Å². The predicted molar refractivity (Wildman–Crippen MR) is 76.6 cm³/mol. The zero-order valence-corrected chi connectivity index (χ0v) is 12.5. The molecule has 0 unspecified atom stereocenters. The Balaban J connectivity index is 2.03. The van der Waals surface area contributed by atoms with E-state index in [2.05, 4.69) is 21.0 Å². The highest BCUT2D eigenvalue weighted by Crippen LogP contribution is 2.23. The van der Waals surface area contributed by atoms with Gasteiger partial charge < -0.3 is 4.74 Å². The lowest BCUT2D eigenvalue weighted by atomic mass is 10.1. The van der Waals surface area contributed by atoms with Crippen LogP contribution in [0.2, 0.25) is 0 Å². The molecule has 0 fully saturated rings. The van der Waals surface area contributed by atoms with Crippen LogP contribution in [-0.2, 0) is 13.5 Å². The summed E-state index contributed by atoms with van der Waals surface area (Å²) in [6, 6.07) is 7.41. The van der Waals surface area contributed by atoms with Gasteiger partial charge in [-0.2, -0.15) is 5.10 Å². The van der Waals surface area contributed by atoms with Crippen LogP contribution in [0, 0.1) is 0 Å². The first-order chi connectivity index (χ1) is 9.08. The Morgan fingerprint density at radius 3 is 2.84 bits per heavy atom. The van der Waals surface area contributed by atoms with E-state index in [4.69, 9.17) is 4.74 Å². The van der Waals surface area contributed by atoms with Gasteiger partial charge in [0, 0.05) is 29.8 Å². The minimum Gasteiger partial charge on any atom is -0.492 e. The van der Waals surface area contributed by atoms with Crippen LogP contribution in [0.1, 0.15) is 23.0 Å². The molecule has 0 saturated carbocycles. The molecular formula is C14H15BrN2O2. The Morgan fingerprint density at radius 1 is 1.42 bits per heavy atom. The van der Waals surface area contributed by atoms with Crippen molar-refractivity contribution in [2.75, 3.05) is 6.61 Å². The topological polar surface area (TPSA) is 44.1 Å². The van der Waals surface area contributed by atoms with Crippen molar-refractivity contribution < 1.29 is 9.53 Å². The number of carbonyl (C=O) groups is 1. The van der Waals surface area contributed by atoms with Crippen molar-refractivity contribution in [1.29, 1.82) is 0 Å². The summed E-state index contributed by atoms with van der Waals surface area (Å²) in [6.07, 6.45) is 2.51. The molecular weight excluding hydrogens is 308 g/mol. The number of nitrogens with zero attached hydrogens (tertiary/aromatic N) is 2. The van der Waals surface area contributed by atoms with Gasteiger partial charge in [0.05, 0.1) is 12.2 Å². The van der Waals surface area contributed by atoms with Crippen molar-refractivity contribution in [3.8, 4) is 5.75 Å². The van der Waals surface area contributed by atoms with Gasteiger partial charge in [0.2, 0.25) is 0 Å². The average Bonchev–Trinajstić information content (AvgIpc) is 2.77. The van der Waals surface area contributed by atoms with Gasteiger partial charge in [0.25, 0.3) is 0 Å². The number of hydrogen-bond donors (Lipinski definition) is 0. The lowest BCUT2D eigenvalue weighted by molar-refractivity contribution is 0.101. The number of carbonyl (C=O) groups excluding carboxylic acids is 1. The van der Waals surface area contributed by atoms with Crippen LogP contribution in [-0.4, -0.2) is 22.2 Å². The molecule has 1 heterocycles. The molecule has 0 N–H and O–H groups in total. The van der Waals surface area contributed by atoms with Crippen LogP contribution < -0.4 is 4.74 Å². The second-order valence-corrected chi connectivity index (χ2v) is 5.16. The fourth-order valence-corrected chi connectivity index (χ4v) is 2.18. The van der Waals surface area contributed by atoms with Crippen LogP contribution in [0.15, 0.2) is 34.9 Å². The number of ketones is 1. The predicted octanol–water partition coefficient (Wildman–Crippen LogP) is 3.01. The molecule has 1 aromatic carbocycles. The third-order valence-electron chi connectivity index (χ3n) is 2.86. The Hall–Kier alpha value is -1.62. The highest BCUT2D eigenvalue weighted by molar-refractivity contribution is 9.10. The van der Waals surface area contributed by atoms with Crippen molar-refractivity contribution in [2.45, 2.75) is 13.3 Å². The van der Waals surface area contributed by atoms with E-state index in [1.807, 2.05) is 29.9 Å². The number of rotatable bonds is 5. The smallest absolute Gasteiger partial charge is 0.163 e. The van der Waals surface area contributed by atoms with Crippen molar-refractivity contribution in [3.05, 3.63) is 46.2 Å². The summed E-state index contributed by atoms with van der Waals surface area (Å²) in [4.78, 5) is 11.5. The van der Waals surface area contributed by atoms with Crippen molar-refractivity contribution in [1.82, 2.24) is 9.78 Å². The third kappa shape index (κ3) is 3.44. The first kappa shape index (κ1) is 13.8. The molecule has 4 nitrogen and oxygen atoms in total. The molecule has 19 heavy (non-hydrogen) atoms. The van der Waals surface area contributed by atoms with Crippen molar-refractivity contribution in [3.63, 3.8) is 0 Å². The molecule has 0 spiro atoms. The number of aryl methyl sites for hydroxylation is 1. The van der Waals surface area contributed by atoms with E-state index in [-0.39, 0.29) is 5.78 Å². The van der Waals surface area contributed by atoms with E-state index >= 15 is 0 Å². The molecule has 100 valence electrons. The second kappa shape index (κ2) is 6.02. The Labute approximate surface area is 120 Å². The second-order valence-electron chi connectivity index (χ2n) is 4.24. The monoisotopic (exact) mass is 322 g/mol. The maximum Gasteiger partial charge on any atom is 0.163 e. The van der Waals surface area contributed by atoms with Gasteiger partial charge in [0.1, 0.15) is 5.75 Å². The number of aromatic nitrogens is 2. The van der Waals surface area contributed by atoms with Gasteiger partial charge in [0.15, 0.2) is 5.78 Å². The molecule has 0 radical (unpaired) electrons. The fraction of sp³-hybridized carbons (Fsp3) is 0.286. The SMILES string of the molecule is CC(=O)c1cc(Br)ccc1OCCc1ccnn1C. The lowest BCUT2D eigenvalue weighted by Gasteiger charge is -2.10. The molecule has 0 amide bonds. The highest BCUT2D eigenvalue weighted by atomic mass is 79.9. The summed E-state index contributed by atoms with van der Waals surface area (Å²) in [5.41, 5.74) is 1.70. The fourth-order valence-electron chi connectivity index (χ4n) is 1.82. The zero-order valence-electron chi connectivity index (χ0n) is 10.9.